The molecule has 0 radical (unpaired) electrons. The third kappa shape index (κ3) is 4.31. The molecule has 100 valence electrons. The Bertz CT molecular complexity index is 424. The largest absolute Gasteiger partial charge is 0.409 e. The zero-order valence-electron chi connectivity index (χ0n) is 10.2. The van der Waals surface area contributed by atoms with E-state index in [9.17, 15) is 4.39 Å². The first kappa shape index (κ1) is 14.4. The van der Waals surface area contributed by atoms with Gasteiger partial charge in [0.2, 0.25) is 0 Å². The van der Waals surface area contributed by atoms with E-state index < -0.39 is 5.82 Å². The number of halogens is 1. The summed E-state index contributed by atoms with van der Waals surface area (Å²) in [5.74, 6) is -0.423. The summed E-state index contributed by atoms with van der Waals surface area (Å²) in [5.41, 5.74) is 6.44. The molecule has 0 aromatic heterocycles. The van der Waals surface area contributed by atoms with Crippen LogP contribution in [-0.2, 0) is 6.54 Å². The molecule has 18 heavy (non-hydrogen) atoms. The van der Waals surface area contributed by atoms with Crippen molar-refractivity contribution in [2.75, 3.05) is 13.2 Å². The first-order valence-corrected chi connectivity index (χ1v) is 5.65. The maximum Gasteiger partial charge on any atom is 0.170 e. The van der Waals surface area contributed by atoms with Crippen LogP contribution in [0.15, 0.2) is 23.4 Å². The lowest BCUT2D eigenvalue weighted by atomic mass is 10.1. The number of nitrogens with two attached hydrogens (primary N) is 1. The maximum atomic E-state index is 13.3. The average Bonchev–Trinajstić information content (AvgIpc) is 2.36. The Morgan fingerprint density at radius 1 is 1.50 bits per heavy atom. The van der Waals surface area contributed by atoms with Crippen LogP contribution in [0.25, 0.3) is 0 Å². The third-order valence-electron chi connectivity index (χ3n) is 2.49. The molecule has 5 nitrogen and oxygen atoms in total. The molecule has 1 unspecified atom stereocenters. The Kier molecular flexibility index (Phi) is 5.54. The van der Waals surface area contributed by atoms with E-state index in [0.717, 1.165) is 0 Å². The highest BCUT2D eigenvalue weighted by atomic mass is 19.1. The molecule has 0 aliphatic heterocycles. The number of aliphatic hydroxyl groups is 1. The molecule has 1 rings (SSSR count). The number of hydrogen-bond donors (Lipinski definition) is 4. The number of benzene rings is 1. The summed E-state index contributed by atoms with van der Waals surface area (Å²) in [7, 11) is 0. The van der Waals surface area contributed by atoms with Crippen molar-refractivity contribution in [2.24, 2.45) is 16.8 Å². The normalized spacial score (nSPS) is 13.6. The van der Waals surface area contributed by atoms with Crippen LogP contribution < -0.4 is 11.1 Å². The second-order valence-corrected chi connectivity index (χ2v) is 4.25. The Hall–Kier alpha value is -1.66. The van der Waals surface area contributed by atoms with Crippen molar-refractivity contribution in [2.45, 2.75) is 13.5 Å². The van der Waals surface area contributed by atoms with Gasteiger partial charge in [-0.05, 0) is 29.7 Å². The molecule has 0 spiro atoms. The predicted octanol–water partition coefficient (Wildman–Crippen LogP) is 0.638. The summed E-state index contributed by atoms with van der Waals surface area (Å²) in [5, 5.41) is 23.3. The molecule has 0 aliphatic rings. The fourth-order valence-electron chi connectivity index (χ4n) is 1.49. The standard InChI is InChI=1S/C12H18FN3O2/c1-8(7-17)5-15-6-9-2-10(12(14)16-18)4-11(13)3-9/h2-4,8,15,17-18H,5-7H2,1H3,(H2,14,16). The number of nitrogens with zero attached hydrogens (tertiary/aromatic N) is 1. The smallest absolute Gasteiger partial charge is 0.170 e. The zero-order chi connectivity index (χ0) is 13.5. The highest BCUT2D eigenvalue weighted by Gasteiger charge is 2.05. The average molecular weight is 255 g/mol. The van der Waals surface area contributed by atoms with Gasteiger partial charge in [-0.1, -0.05) is 12.1 Å². The number of nitrogens with one attached hydrogen (secondary N) is 1. The van der Waals surface area contributed by atoms with Gasteiger partial charge in [-0.15, -0.1) is 0 Å². The van der Waals surface area contributed by atoms with Crippen molar-refractivity contribution >= 4 is 5.84 Å². The van der Waals surface area contributed by atoms with Crippen LogP contribution >= 0.6 is 0 Å². The second-order valence-electron chi connectivity index (χ2n) is 4.25. The molecule has 1 aromatic carbocycles. The highest BCUT2D eigenvalue weighted by molar-refractivity contribution is 5.97. The minimum absolute atomic E-state index is 0.103. The van der Waals surface area contributed by atoms with Gasteiger partial charge < -0.3 is 21.4 Å². The molecule has 0 aliphatic carbocycles. The maximum absolute atomic E-state index is 13.3. The number of amidine groups is 1. The van der Waals surface area contributed by atoms with Crippen molar-refractivity contribution < 1.29 is 14.7 Å². The van der Waals surface area contributed by atoms with Crippen molar-refractivity contribution in [1.82, 2.24) is 5.32 Å². The van der Waals surface area contributed by atoms with Crippen molar-refractivity contribution in [3.05, 3.63) is 35.1 Å². The molecular weight excluding hydrogens is 237 g/mol. The van der Waals surface area contributed by atoms with Gasteiger partial charge in [0.25, 0.3) is 0 Å². The Labute approximate surface area is 105 Å². The molecule has 5 N–H and O–H groups in total. The SMILES string of the molecule is CC(CO)CNCc1cc(F)cc(/C(N)=N/O)c1. The Balaban J connectivity index is 2.69. The van der Waals surface area contributed by atoms with Gasteiger partial charge >= 0.3 is 0 Å². The fourth-order valence-corrected chi connectivity index (χ4v) is 1.49. The van der Waals surface area contributed by atoms with Crippen LogP contribution in [0.3, 0.4) is 0 Å². The van der Waals surface area contributed by atoms with Crippen LogP contribution in [-0.4, -0.2) is 29.3 Å². The molecule has 0 heterocycles. The van der Waals surface area contributed by atoms with Gasteiger partial charge in [0.05, 0.1) is 0 Å². The van der Waals surface area contributed by atoms with Crippen molar-refractivity contribution in [1.29, 1.82) is 0 Å². The molecule has 1 atom stereocenters. The van der Waals surface area contributed by atoms with Gasteiger partial charge in [-0.3, -0.25) is 0 Å². The molecule has 0 amide bonds. The molecule has 0 bridgehead atoms. The van der Waals surface area contributed by atoms with Gasteiger partial charge in [0.15, 0.2) is 5.84 Å². The lowest BCUT2D eigenvalue weighted by Crippen LogP contribution is -2.23. The van der Waals surface area contributed by atoms with E-state index in [1.54, 1.807) is 6.07 Å². The van der Waals surface area contributed by atoms with E-state index in [2.05, 4.69) is 10.5 Å². The van der Waals surface area contributed by atoms with Gasteiger partial charge in [-0.25, -0.2) is 4.39 Å². The molecule has 0 saturated carbocycles. The van der Waals surface area contributed by atoms with Crippen LogP contribution in [0.5, 0.6) is 0 Å². The van der Waals surface area contributed by atoms with Crippen molar-refractivity contribution in [3.8, 4) is 0 Å². The summed E-state index contributed by atoms with van der Waals surface area (Å²) >= 11 is 0. The molecule has 1 aromatic rings. The van der Waals surface area contributed by atoms with E-state index in [-0.39, 0.29) is 18.4 Å². The van der Waals surface area contributed by atoms with Gasteiger partial charge in [-0.2, -0.15) is 0 Å². The minimum Gasteiger partial charge on any atom is -0.409 e. The molecule has 6 heteroatoms. The van der Waals surface area contributed by atoms with E-state index in [0.29, 0.717) is 24.2 Å². The number of oxime groups is 1. The summed E-state index contributed by atoms with van der Waals surface area (Å²) in [4.78, 5) is 0. The topological polar surface area (TPSA) is 90.9 Å². The van der Waals surface area contributed by atoms with Crippen molar-refractivity contribution in [3.63, 3.8) is 0 Å². The third-order valence-corrected chi connectivity index (χ3v) is 2.49. The predicted molar refractivity (Wildman–Crippen MR) is 66.9 cm³/mol. The van der Waals surface area contributed by atoms with Gasteiger partial charge in [0.1, 0.15) is 5.82 Å². The van der Waals surface area contributed by atoms with E-state index >= 15 is 0 Å². The van der Waals surface area contributed by atoms with Crippen LogP contribution in [0, 0.1) is 11.7 Å². The highest BCUT2D eigenvalue weighted by Crippen LogP contribution is 2.09. The second kappa shape index (κ2) is 6.93. The number of hydrogen-bond acceptors (Lipinski definition) is 4. The Morgan fingerprint density at radius 3 is 2.83 bits per heavy atom. The summed E-state index contributed by atoms with van der Waals surface area (Å²) < 4.78 is 13.3. The molecular formula is C12H18FN3O2. The monoisotopic (exact) mass is 255 g/mol. The van der Waals surface area contributed by atoms with Gasteiger partial charge in [0, 0.05) is 25.3 Å². The first-order valence-electron chi connectivity index (χ1n) is 5.65. The lowest BCUT2D eigenvalue weighted by Gasteiger charge is -2.10. The molecule has 0 saturated heterocycles. The summed E-state index contributed by atoms with van der Waals surface area (Å²) in [6.45, 7) is 3.09. The summed E-state index contributed by atoms with van der Waals surface area (Å²) in [6.07, 6.45) is 0. The zero-order valence-corrected chi connectivity index (χ0v) is 10.2. The fraction of sp³-hybridized carbons (Fsp3) is 0.417. The minimum atomic E-state index is -0.439. The Morgan fingerprint density at radius 2 is 2.22 bits per heavy atom. The number of rotatable bonds is 6. The van der Waals surface area contributed by atoms with Crippen LogP contribution in [0.4, 0.5) is 4.39 Å². The van der Waals surface area contributed by atoms with Crippen LogP contribution in [0.1, 0.15) is 18.1 Å². The van der Waals surface area contributed by atoms with E-state index in [1.165, 1.54) is 12.1 Å². The lowest BCUT2D eigenvalue weighted by molar-refractivity contribution is 0.233. The quantitative estimate of drug-likeness (QED) is 0.260. The van der Waals surface area contributed by atoms with Crippen LogP contribution in [0.2, 0.25) is 0 Å². The van der Waals surface area contributed by atoms with E-state index in [4.69, 9.17) is 16.0 Å². The number of aliphatic hydroxyl groups excluding tert-OH is 1. The van der Waals surface area contributed by atoms with E-state index in [1.807, 2.05) is 6.92 Å². The molecule has 0 fully saturated rings. The summed E-state index contributed by atoms with van der Waals surface area (Å²) in [6, 6.07) is 4.23. The first-order chi connectivity index (χ1) is 8.56.